The van der Waals surface area contributed by atoms with Crippen LogP contribution >= 0.6 is 11.6 Å². The van der Waals surface area contributed by atoms with Crippen molar-refractivity contribution in [2.45, 2.75) is 6.42 Å². The van der Waals surface area contributed by atoms with E-state index < -0.39 is 5.97 Å². The fourth-order valence-corrected chi connectivity index (χ4v) is 2.16. The van der Waals surface area contributed by atoms with Crippen molar-refractivity contribution in [3.8, 4) is 5.75 Å². The van der Waals surface area contributed by atoms with Crippen LogP contribution in [0, 0.1) is 0 Å². The molecule has 0 aliphatic carbocycles. The van der Waals surface area contributed by atoms with Crippen LogP contribution in [-0.4, -0.2) is 24.1 Å². The highest BCUT2D eigenvalue weighted by atomic mass is 35.5. The smallest absolute Gasteiger partial charge is 0.336 e. The summed E-state index contributed by atoms with van der Waals surface area (Å²) in [6, 6.07) is 11.3. The summed E-state index contributed by atoms with van der Waals surface area (Å²) in [5, 5.41) is 12.5. The number of carbonyl (C=O) groups is 2. The van der Waals surface area contributed by atoms with Crippen molar-refractivity contribution < 1.29 is 19.4 Å². The molecule has 6 heteroatoms. The summed E-state index contributed by atoms with van der Waals surface area (Å²) in [5.74, 6) is -1.08. The first-order chi connectivity index (χ1) is 10.5. The Labute approximate surface area is 132 Å². The summed E-state index contributed by atoms with van der Waals surface area (Å²) < 4.78 is 5.14. The Kier molecular flexibility index (Phi) is 5.01. The number of hydrogen-bond acceptors (Lipinski definition) is 3. The van der Waals surface area contributed by atoms with Crippen LogP contribution in [0.25, 0.3) is 0 Å². The Bertz CT molecular complexity index is 698. The van der Waals surface area contributed by atoms with Gasteiger partial charge in [-0.15, -0.1) is 0 Å². The maximum atomic E-state index is 12.1. The summed E-state index contributed by atoms with van der Waals surface area (Å²) in [6.07, 6.45) is -0.103. The molecule has 0 saturated heterocycles. The molecule has 0 spiro atoms. The molecule has 2 aromatic carbocycles. The number of nitrogens with one attached hydrogen (secondary N) is 1. The lowest BCUT2D eigenvalue weighted by Crippen LogP contribution is -2.17. The van der Waals surface area contributed by atoms with E-state index in [-0.39, 0.29) is 17.9 Å². The van der Waals surface area contributed by atoms with Crippen molar-refractivity contribution >= 4 is 29.2 Å². The summed E-state index contributed by atoms with van der Waals surface area (Å²) in [6.45, 7) is 0. The number of amides is 1. The van der Waals surface area contributed by atoms with Gasteiger partial charge in [-0.1, -0.05) is 17.7 Å². The first-order valence-electron chi connectivity index (χ1n) is 6.46. The van der Waals surface area contributed by atoms with Gasteiger partial charge in [0.1, 0.15) is 5.75 Å². The third kappa shape index (κ3) is 3.77. The molecule has 2 N–H and O–H groups in total. The molecule has 0 aromatic heterocycles. The first-order valence-corrected chi connectivity index (χ1v) is 6.83. The van der Waals surface area contributed by atoms with Crippen LogP contribution in [0.3, 0.4) is 0 Å². The third-order valence-corrected chi connectivity index (χ3v) is 3.30. The van der Waals surface area contributed by atoms with Gasteiger partial charge < -0.3 is 15.2 Å². The largest absolute Gasteiger partial charge is 0.496 e. The fourth-order valence-electron chi connectivity index (χ4n) is 2.04. The maximum Gasteiger partial charge on any atom is 0.336 e. The zero-order valence-electron chi connectivity index (χ0n) is 11.8. The van der Waals surface area contributed by atoms with E-state index in [2.05, 4.69) is 5.32 Å². The van der Waals surface area contributed by atoms with Gasteiger partial charge >= 0.3 is 5.97 Å². The van der Waals surface area contributed by atoms with Gasteiger partial charge in [0, 0.05) is 16.3 Å². The zero-order valence-corrected chi connectivity index (χ0v) is 12.6. The number of halogens is 1. The monoisotopic (exact) mass is 319 g/mol. The van der Waals surface area contributed by atoms with Crippen molar-refractivity contribution in [2.24, 2.45) is 0 Å². The standard InChI is InChI=1S/C16H14ClNO4/c1-22-14-4-2-3-12(16(20)21)13(14)9-15(19)18-11-7-5-10(17)6-8-11/h2-8H,9H2,1H3,(H,18,19)(H,20,21). The van der Waals surface area contributed by atoms with Crippen molar-refractivity contribution in [3.05, 3.63) is 58.6 Å². The lowest BCUT2D eigenvalue weighted by Gasteiger charge is -2.12. The fraction of sp³-hybridized carbons (Fsp3) is 0.125. The average molecular weight is 320 g/mol. The second kappa shape index (κ2) is 6.95. The van der Waals surface area contributed by atoms with Gasteiger partial charge in [0.2, 0.25) is 5.91 Å². The number of benzene rings is 2. The number of carboxylic acid groups (broad SMARTS) is 1. The molecule has 2 aromatic rings. The van der Waals surface area contributed by atoms with E-state index >= 15 is 0 Å². The molecule has 22 heavy (non-hydrogen) atoms. The molecule has 0 atom stereocenters. The maximum absolute atomic E-state index is 12.1. The van der Waals surface area contributed by atoms with Gasteiger partial charge in [0.05, 0.1) is 19.1 Å². The van der Waals surface area contributed by atoms with Gasteiger partial charge in [-0.25, -0.2) is 4.79 Å². The Morgan fingerprint density at radius 3 is 2.45 bits per heavy atom. The van der Waals surface area contributed by atoms with Gasteiger partial charge in [0.25, 0.3) is 0 Å². The van der Waals surface area contributed by atoms with Crippen LogP contribution in [0.5, 0.6) is 5.75 Å². The number of rotatable bonds is 5. The summed E-state index contributed by atoms with van der Waals surface area (Å²) in [7, 11) is 1.43. The van der Waals surface area contributed by atoms with Crippen molar-refractivity contribution in [1.82, 2.24) is 0 Å². The van der Waals surface area contributed by atoms with Gasteiger partial charge in [-0.3, -0.25) is 4.79 Å². The van der Waals surface area contributed by atoms with E-state index in [4.69, 9.17) is 16.3 Å². The van der Waals surface area contributed by atoms with Crippen molar-refractivity contribution in [3.63, 3.8) is 0 Å². The highest BCUT2D eigenvalue weighted by Crippen LogP contribution is 2.23. The minimum absolute atomic E-state index is 0.0469. The molecule has 0 bridgehead atoms. The molecular weight excluding hydrogens is 306 g/mol. The summed E-state index contributed by atoms with van der Waals surface area (Å²) in [5.41, 5.74) is 0.968. The molecule has 0 heterocycles. The van der Waals surface area contributed by atoms with E-state index in [1.54, 1.807) is 36.4 Å². The van der Waals surface area contributed by atoms with Crippen molar-refractivity contribution in [2.75, 3.05) is 12.4 Å². The molecule has 0 aliphatic heterocycles. The lowest BCUT2D eigenvalue weighted by atomic mass is 10.0. The molecule has 0 unspecified atom stereocenters. The zero-order chi connectivity index (χ0) is 16.1. The van der Waals surface area contributed by atoms with Gasteiger partial charge in [0.15, 0.2) is 0 Å². The predicted molar refractivity (Wildman–Crippen MR) is 83.7 cm³/mol. The van der Waals surface area contributed by atoms with E-state index in [0.29, 0.717) is 22.0 Å². The first kappa shape index (κ1) is 15.9. The molecule has 5 nitrogen and oxygen atoms in total. The molecule has 1 amide bonds. The molecule has 0 fully saturated rings. The Hall–Kier alpha value is -2.53. The number of anilines is 1. The van der Waals surface area contributed by atoms with E-state index in [1.165, 1.54) is 13.2 Å². The van der Waals surface area contributed by atoms with Crippen LogP contribution < -0.4 is 10.1 Å². The molecule has 0 saturated carbocycles. The van der Waals surface area contributed by atoms with Crippen LogP contribution in [0.4, 0.5) is 5.69 Å². The highest BCUT2D eigenvalue weighted by Gasteiger charge is 2.17. The van der Waals surface area contributed by atoms with Crippen LogP contribution in [0.1, 0.15) is 15.9 Å². The minimum Gasteiger partial charge on any atom is -0.496 e. The number of carboxylic acids is 1. The number of methoxy groups -OCH3 is 1. The second-order valence-corrected chi connectivity index (χ2v) is 4.96. The SMILES string of the molecule is COc1cccc(C(=O)O)c1CC(=O)Nc1ccc(Cl)cc1. The Balaban J connectivity index is 2.20. The molecular formula is C16H14ClNO4. The normalized spacial score (nSPS) is 10.1. The topological polar surface area (TPSA) is 75.6 Å². The van der Waals surface area contributed by atoms with Gasteiger partial charge in [-0.05, 0) is 36.4 Å². The molecule has 114 valence electrons. The predicted octanol–water partition coefficient (Wildman–Crippen LogP) is 3.23. The lowest BCUT2D eigenvalue weighted by molar-refractivity contribution is -0.115. The van der Waals surface area contributed by atoms with Crippen LogP contribution in [0.15, 0.2) is 42.5 Å². The summed E-state index contributed by atoms with van der Waals surface area (Å²) in [4.78, 5) is 23.4. The molecule has 0 aliphatic rings. The van der Waals surface area contributed by atoms with Crippen molar-refractivity contribution in [1.29, 1.82) is 0 Å². The Morgan fingerprint density at radius 1 is 1.18 bits per heavy atom. The quantitative estimate of drug-likeness (QED) is 0.887. The average Bonchev–Trinajstić information content (AvgIpc) is 2.49. The highest BCUT2D eigenvalue weighted by molar-refractivity contribution is 6.30. The number of hydrogen-bond donors (Lipinski definition) is 2. The van der Waals surface area contributed by atoms with Crippen LogP contribution in [-0.2, 0) is 11.2 Å². The number of carbonyl (C=O) groups excluding carboxylic acids is 1. The number of aromatic carboxylic acids is 1. The second-order valence-electron chi connectivity index (χ2n) is 4.52. The Morgan fingerprint density at radius 2 is 1.86 bits per heavy atom. The van der Waals surface area contributed by atoms with E-state index in [1.807, 2.05) is 0 Å². The number of ether oxygens (including phenoxy) is 1. The molecule has 0 radical (unpaired) electrons. The van der Waals surface area contributed by atoms with Crippen LogP contribution in [0.2, 0.25) is 5.02 Å². The minimum atomic E-state index is -1.10. The van der Waals surface area contributed by atoms with Gasteiger partial charge in [-0.2, -0.15) is 0 Å². The van der Waals surface area contributed by atoms with E-state index in [0.717, 1.165) is 0 Å². The third-order valence-electron chi connectivity index (χ3n) is 3.05. The summed E-state index contributed by atoms with van der Waals surface area (Å²) >= 11 is 5.78. The van der Waals surface area contributed by atoms with E-state index in [9.17, 15) is 14.7 Å². The molecule has 2 rings (SSSR count).